The molecule has 0 saturated heterocycles. The van der Waals surface area contributed by atoms with Crippen LogP contribution in [0.3, 0.4) is 0 Å². The summed E-state index contributed by atoms with van der Waals surface area (Å²) in [6.07, 6.45) is 0. The van der Waals surface area contributed by atoms with Crippen molar-refractivity contribution in [2.24, 2.45) is 0 Å². The van der Waals surface area contributed by atoms with Crippen molar-refractivity contribution in [2.45, 2.75) is 6.92 Å². The number of hydrogen-bond acceptors (Lipinski definition) is 4. The molecule has 0 unspecified atom stereocenters. The molecule has 0 amide bonds. The maximum Gasteiger partial charge on any atom is 0.274 e. The fourth-order valence-electron chi connectivity index (χ4n) is 1.20. The lowest BCUT2D eigenvalue weighted by molar-refractivity contribution is 0.339. The highest BCUT2D eigenvalue weighted by molar-refractivity contribution is 7.20. The molecule has 0 aliphatic carbocycles. The van der Waals surface area contributed by atoms with E-state index in [4.69, 9.17) is 9.47 Å². The van der Waals surface area contributed by atoms with Crippen LogP contribution in [0.1, 0.15) is 6.92 Å². The molecule has 0 bridgehead atoms. The van der Waals surface area contributed by atoms with E-state index in [-0.39, 0.29) is 0 Å². The minimum Gasteiger partial charge on any atom is -0.497 e. The quantitative estimate of drug-likeness (QED) is 0.778. The zero-order valence-corrected chi connectivity index (χ0v) is 8.93. The van der Waals surface area contributed by atoms with Gasteiger partial charge in [0.15, 0.2) is 0 Å². The Morgan fingerprint density at radius 1 is 1.43 bits per heavy atom. The number of benzene rings is 1. The van der Waals surface area contributed by atoms with E-state index in [0.717, 1.165) is 21.2 Å². The van der Waals surface area contributed by atoms with Crippen LogP contribution in [0.5, 0.6) is 10.9 Å². The molecule has 0 fully saturated rings. The van der Waals surface area contributed by atoms with Crippen molar-refractivity contribution < 1.29 is 9.47 Å². The number of methoxy groups -OCH3 is 1. The van der Waals surface area contributed by atoms with Crippen LogP contribution in [0.4, 0.5) is 0 Å². The second-order valence-corrected chi connectivity index (χ2v) is 3.74. The Hall–Kier alpha value is -1.29. The van der Waals surface area contributed by atoms with Gasteiger partial charge in [-0.1, -0.05) is 11.3 Å². The fraction of sp³-hybridized carbons (Fsp3) is 0.300. The van der Waals surface area contributed by atoms with E-state index in [9.17, 15) is 0 Å². The Bertz CT molecular complexity index is 439. The molecule has 2 rings (SSSR count). The predicted octanol–water partition coefficient (Wildman–Crippen LogP) is 2.70. The number of ether oxygens (including phenoxy) is 2. The highest BCUT2D eigenvalue weighted by Crippen LogP contribution is 2.30. The smallest absolute Gasteiger partial charge is 0.274 e. The Balaban J connectivity index is 2.43. The van der Waals surface area contributed by atoms with Crippen molar-refractivity contribution in [3.05, 3.63) is 18.2 Å². The third-order valence-corrected chi connectivity index (χ3v) is 2.77. The van der Waals surface area contributed by atoms with Gasteiger partial charge in [0.1, 0.15) is 5.75 Å². The lowest BCUT2D eigenvalue weighted by atomic mass is 10.3. The van der Waals surface area contributed by atoms with Crippen LogP contribution < -0.4 is 9.47 Å². The number of thiazole rings is 1. The Morgan fingerprint density at radius 3 is 3.00 bits per heavy atom. The minimum atomic E-state index is 0.650. The summed E-state index contributed by atoms with van der Waals surface area (Å²) in [5.41, 5.74) is 0.958. The highest BCUT2D eigenvalue weighted by atomic mass is 32.1. The number of hydrogen-bond donors (Lipinski definition) is 0. The largest absolute Gasteiger partial charge is 0.497 e. The SMILES string of the molecule is CCOc1nc2ccc(OC)cc2s1. The molecule has 4 heteroatoms. The van der Waals surface area contributed by atoms with E-state index < -0.39 is 0 Å². The van der Waals surface area contributed by atoms with E-state index in [1.165, 1.54) is 11.3 Å². The molecular weight excluding hydrogens is 198 g/mol. The molecule has 0 saturated carbocycles. The summed E-state index contributed by atoms with van der Waals surface area (Å²) in [5.74, 6) is 0.851. The molecule has 0 atom stereocenters. The van der Waals surface area contributed by atoms with Crippen molar-refractivity contribution in [1.82, 2.24) is 4.98 Å². The first-order valence-corrected chi connectivity index (χ1v) is 5.22. The van der Waals surface area contributed by atoms with Crippen molar-refractivity contribution in [3.63, 3.8) is 0 Å². The number of fused-ring (bicyclic) bond motifs is 1. The first-order chi connectivity index (χ1) is 6.83. The van der Waals surface area contributed by atoms with Crippen molar-refractivity contribution >= 4 is 21.6 Å². The van der Waals surface area contributed by atoms with E-state index in [2.05, 4.69) is 4.98 Å². The van der Waals surface area contributed by atoms with Gasteiger partial charge in [0.25, 0.3) is 5.19 Å². The Kier molecular flexibility index (Phi) is 2.54. The zero-order valence-electron chi connectivity index (χ0n) is 8.11. The van der Waals surface area contributed by atoms with Gasteiger partial charge in [-0.25, -0.2) is 4.98 Å². The van der Waals surface area contributed by atoms with E-state index in [0.29, 0.717) is 6.61 Å². The highest BCUT2D eigenvalue weighted by Gasteiger charge is 2.04. The lowest BCUT2D eigenvalue weighted by Gasteiger charge is -1.96. The first-order valence-electron chi connectivity index (χ1n) is 4.41. The standard InChI is InChI=1S/C10H11NO2S/c1-3-13-10-11-8-5-4-7(12-2)6-9(8)14-10/h4-6H,3H2,1-2H3. The van der Waals surface area contributed by atoms with Crippen LogP contribution in [0.15, 0.2) is 18.2 Å². The van der Waals surface area contributed by atoms with Crippen LogP contribution in [-0.2, 0) is 0 Å². The molecule has 1 aromatic carbocycles. The van der Waals surface area contributed by atoms with Crippen LogP contribution in [0.25, 0.3) is 10.2 Å². The maximum atomic E-state index is 5.33. The van der Waals surface area contributed by atoms with Gasteiger partial charge in [-0.15, -0.1) is 0 Å². The summed E-state index contributed by atoms with van der Waals surface area (Å²) < 4.78 is 11.6. The van der Waals surface area contributed by atoms with Crippen LogP contribution in [0.2, 0.25) is 0 Å². The minimum absolute atomic E-state index is 0.650. The summed E-state index contributed by atoms with van der Waals surface area (Å²) in [7, 11) is 1.66. The normalized spacial score (nSPS) is 10.4. The van der Waals surface area contributed by atoms with E-state index in [1.54, 1.807) is 7.11 Å². The van der Waals surface area contributed by atoms with Gasteiger partial charge < -0.3 is 9.47 Å². The summed E-state index contributed by atoms with van der Waals surface area (Å²) >= 11 is 1.54. The molecular formula is C10H11NO2S. The van der Waals surface area contributed by atoms with Gasteiger partial charge in [0.05, 0.1) is 23.9 Å². The lowest BCUT2D eigenvalue weighted by Crippen LogP contribution is -1.88. The van der Waals surface area contributed by atoms with Crippen molar-refractivity contribution in [1.29, 1.82) is 0 Å². The van der Waals surface area contributed by atoms with Gasteiger partial charge in [-0.2, -0.15) is 0 Å². The van der Waals surface area contributed by atoms with Gasteiger partial charge in [0, 0.05) is 0 Å². The van der Waals surface area contributed by atoms with Gasteiger partial charge in [-0.3, -0.25) is 0 Å². The molecule has 0 radical (unpaired) electrons. The average Bonchev–Trinajstić information content (AvgIpc) is 2.59. The monoisotopic (exact) mass is 209 g/mol. The van der Waals surface area contributed by atoms with Gasteiger partial charge in [0.2, 0.25) is 0 Å². The first kappa shape index (κ1) is 9.27. The van der Waals surface area contributed by atoms with Crippen LogP contribution in [0, 0.1) is 0 Å². The molecule has 1 heterocycles. The van der Waals surface area contributed by atoms with Crippen LogP contribution in [-0.4, -0.2) is 18.7 Å². The van der Waals surface area contributed by atoms with Crippen LogP contribution >= 0.6 is 11.3 Å². The molecule has 0 aliphatic heterocycles. The topological polar surface area (TPSA) is 31.4 Å². The molecule has 2 aromatic rings. The molecule has 0 aliphatic rings. The van der Waals surface area contributed by atoms with Gasteiger partial charge in [-0.05, 0) is 25.1 Å². The maximum absolute atomic E-state index is 5.33. The second kappa shape index (κ2) is 3.84. The summed E-state index contributed by atoms with van der Waals surface area (Å²) in [5, 5.41) is 0.718. The predicted molar refractivity (Wildman–Crippen MR) is 57.3 cm³/mol. The summed E-state index contributed by atoms with van der Waals surface area (Å²) in [6, 6.07) is 5.81. The summed E-state index contributed by atoms with van der Waals surface area (Å²) in [4.78, 5) is 4.32. The zero-order chi connectivity index (χ0) is 9.97. The molecule has 1 aromatic heterocycles. The molecule has 74 valence electrons. The van der Waals surface area contributed by atoms with Gasteiger partial charge >= 0.3 is 0 Å². The number of nitrogens with zero attached hydrogens (tertiary/aromatic N) is 1. The third kappa shape index (κ3) is 1.65. The number of aromatic nitrogens is 1. The molecule has 3 nitrogen and oxygen atoms in total. The molecule has 0 N–H and O–H groups in total. The van der Waals surface area contributed by atoms with Crippen molar-refractivity contribution in [3.8, 4) is 10.9 Å². The summed E-state index contributed by atoms with van der Waals surface area (Å²) in [6.45, 7) is 2.60. The second-order valence-electron chi connectivity index (χ2n) is 2.75. The van der Waals surface area contributed by atoms with Crippen molar-refractivity contribution in [2.75, 3.05) is 13.7 Å². The van der Waals surface area contributed by atoms with E-state index in [1.807, 2.05) is 25.1 Å². The average molecular weight is 209 g/mol. The molecule has 14 heavy (non-hydrogen) atoms. The number of rotatable bonds is 3. The van der Waals surface area contributed by atoms with E-state index >= 15 is 0 Å². The molecule has 0 spiro atoms. The Labute approximate surface area is 86.3 Å². The fourth-order valence-corrected chi connectivity index (χ4v) is 2.10. The Morgan fingerprint density at radius 2 is 2.29 bits per heavy atom. The third-order valence-electron chi connectivity index (χ3n) is 1.84.